The van der Waals surface area contributed by atoms with Crippen molar-refractivity contribution in [3.8, 4) is 11.4 Å². The Balaban J connectivity index is 2.30. The molecule has 3 N–H and O–H groups in total. The minimum atomic E-state index is -0.449. The number of nitrogens with two attached hydrogens (primary N) is 1. The minimum Gasteiger partial charge on any atom is -0.322 e. The zero-order chi connectivity index (χ0) is 12.4. The molecular formula is C10H11N5O2. The molecule has 0 bridgehead atoms. The van der Waals surface area contributed by atoms with E-state index in [2.05, 4.69) is 15.2 Å². The van der Waals surface area contributed by atoms with Crippen LogP contribution >= 0.6 is 0 Å². The number of nitro groups is 1. The highest BCUT2D eigenvalue weighted by atomic mass is 16.6. The zero-order valence-electron chi connectivity index (χ0n) is 9.12. The first-order valence-corrected chi connectivity index (χ1v) is 5.00. The van der Waals surface area contributed by atoms with Gasteiger partial charge < -0.3 is 5.73 Å². The van der Waals surface area contributed by atoms with Gasteiger partial charge in [-0.05, 0) is 19.1 Å². The van der Waals surface area contributed by atoms with Gasteiger partial charge in [0.15, 0.2) is 5.82 Å². The number of nitrogens with zero attached hydrogens (tertiary/aromatic N) is 3. The molecule has 1 heterocycles. The van der Waals surface area contributed by atoms with E-state index in [4.69, 9.17) is 5.73 Å². The van der Waals surface area contributed by atoms with Crippen LogP contribution in [-0.2, 0) is 0 Å². The van der Waals surface area contributed by atoms with Crippen molar-refractivity contribution in [3.63, 3.8) is 0 Å². The highest BCUT2D eigenvalue weighted by Gasteiger charge is 2.10. The lowest BCUT2D eigenvalue weighted by Crippen LogP contribution is -2.06. The lowest BCUT2D eigenvalue weighted by molar-refractivity contribution is -0.384. The minimum absolute atomic E-state index is 0.0386. The van der Waals surface area contributed by atoms with Gasteiger partial charge in [-0.1, -0.05) is 0 Å². The van der Waals surface area contributed by atoms with E-state index in [-0.39, 0.29) is 11.7 Å². The summed E-state index contributed by atoms with van der Waals surface area (Å²) in [7, 11) is 0. The lowest BCUT2D eigenvalue weighted by atomic mass is 10.2. The second kappa shape index (κ2) is 4.30. The fourth-order valence-corrected chi connectivity index (χ4v) is 1.34. The maximum atomic E-state index is 10.5. The van der Waals surface area contributed by atoms with Crippen LogP contribution in [0.3, 0.4) is 0 Å². The van der Waals surface area contributed by atoms with Crippen LogP contribution in [0.15, 0.2) is 24.3 Å². The highest BCUT2D eigenvalue weighted by Crippen LogP contribution is 2.19. The maximum Gasteiger partial charge on any atom is 0.269 e. The molecule has 1 unspecified atom stereocenters. The predicted octanol–water partition coefficient (Wildman–Crippen LogP) is 1.40. The van der Waals surface area contributed by atoms with Crippen LogP contribution in [-0.4, -0.2) is 20.1 Å². The molecule has 1 aromatic carbocycles. The number of aromatic amines is 1. The Bertz CT molecular complexity index is 532. The molecule has 88 valence electrons. The maximum absolute atomic E-state index is 10.5. The van der Waals surface area contributed by atoms with Gasteiger partial charge in [0.25, 0.3) is 5.69 Å². The Morgan fingerprint density at radius 3 is 2.53 bits per heavy atom. The molecule has 0 amide bonds. The standard InChI is InChI=1S/C10H11N5O2/c1-6(11)9-12-10(14-13-9)7-2-4-8(5-3-7)15(16)17/h2-6H,11H2,1H3,(H,12,13,14). The molecule has 1 atom stereocenters. The van der Waals surface area contributed by atoms with E-state index >= 15 is 0 Å². The topological polar surface area (TPSA) is 111 Å². The quantitative estimate of drug-likeness (QED) is 0.614. The van der Waals surface area contributed by atoms with Gasteiger partial charge in [0.2, 0.25) is 0 Å². The number of rotatable bonds is 3. The Morgan fingerprint density at radius 2 is 2.06 bits per heavy atom. The van der Waals surface area contributed by atoms with Gasteiger partial charge in [0, 0.05) is 17.7 Å². The van der Waals surface area contributed by atoms with Gasteiger partial charge >= 0.3 is 0 Å². The van der Waals surface area contributed by atoms with E-state index in [9.17, 15) is 10.1 Å². The molecule has 0 saturated heterocycles. The Morgan fingerprint density at radius 1 is 1.41 bits per heavy atom. The highest BCUT2D eigenvalue weighted by molar-refractivity contribution is 5.56. The molecule has 0 fully saturated rings. The van der Waals surface area contributed by atoms with Gasteiger partial charge in [-0.15, -0.1) is 0 Å². The molecule has 0 radical (unpaired) electrons. The molecular weight excluding hydrogens is 222 g/mol. The molecule has 2 rings (SSSR count). The van der Waals surface area contributed by atoms with Gasteiger partial charge in [0.1, 0.15) is 5.82 Å². The number of hydrogen-bond acceptors (Lipinski definition) is 5. The van der Waals surface area contributed by atoms with Crippen molar-refractivity contribution in [2.24, 2.45) is 5.73 Å². The summed E-state index contributed by atoms with van der Waals surface area (Å²) in [5.41, 5.74) is 6.39. The molecule has 7 heteroatoms. The number of hydrogen-bond donors (Lipinski definition) is 2. The summed E-state index contributed by atoms with van der Waals surface area (Å²) in [6.45, 7) is 1.79. The Labute approximate surface area is 96.8 Å². The first-order valence-electron chi connectivity index (χ1n) is 5.00. The molecule has 0 spiro atoms. The molecule has 0 aliphatic carbocycles. The van der Waals surface area contributed by atoms with E-state index in [1.54, 1.807) is 19.1 Å². The first-order chi connectivity index (χ1) is 8.08. The molecule has 1 aromatic heterocycles. The van der Waals surface area contributed by atoms with Crippen molar-refractivity contribution in [1.29, 1.82) is 0 Å². The largest absolute Gasteiger partial charge is 0.322 e. The summed E-state index contributed by atoms with van der Waals surface area (Å²) in [4.78, 5) is 14.2. The first kappa shape index (κ1) is 11.2. The Hall–Kier alpha value is -2.28. The fourth-order valence-electron chi connectivity index (χ4n) is 1.34. The molecule has 0 aliphatic heterocycles. The van der Waals surface area contributed by atoms with Crippen molar-refractivity contribution in [2.75, 3.05) is 0 Å². The third kappa shape index (κ3) is 2.28. The van der Waals surface area contributed by atoms with E-state index in [1.807, 2.05) is 0 Å². The number of H-pyrrole nitrogens is 1. The molecule has 7 nitrogen and oxygen atoms in total. The summed E-state index contributed by atoms with van der Waals surface area (Å²) in [6.07, 6.45) is 0. The summed E-state index contributed by atoms with van der Waals surface area (Å²) in [6, 6.07) is 5.81. The van der Waals surface area contributed by atoms with Gasteiger partial charge in [-0.2, -0.15) is 5.10 Å². The van der Waals surface area contributed by atoms with Crippen LogP contribution in [0.2, 0.25) is 0 Å². The van der Waals surface area contributed by atoms with Crippen LogP contribution in [0.4, 0.5) is 5.69 Å². The van der Waals surface area contributed by atoms with Crippen molar-refractivity contribution in [2.45, 2.75) is 13.0 Å². The summed E-state index contributed by atoms with van der Waals surface area (Å²) < 4.78 is 0. The average Bonchev–Trinajstić information content (AvgIpc) is 2.78. The van der Waals surface area contributed by atoms with Crippen molar-refractivity contribution in [3.05, 3.63) is 40.2 Å². The molecule has 2 aromatic rings. The fraction of sp³-hybridized carbons (Fsp3) is 0.200. The number of non-ortho nitro benzene ring substituents is 1. The number of benzene rings is 1. The SMILES string of the molecule is CC(N)c1nc(-c2ccc([N+](=O)[O-])cc2)n[nH]1. The van der Waals surface area contributed by atoms with Gasteiger partial charge in [-0.3, -0.25) is 15.2 Å². The van der Waals surface area contributed by atoms with Crippen LogP contribution in [0.1, 0.15) is 18.8 Å². The van der Waals surface area contributed by atoms with Gasteiger partial charge in [0.05, 0.1) is 11.0 Å². The van der Waals surface area contributed by atoms with Crippen molar-refractivity contribution >= 4 is 5.69 Å². The normalized spacial score (nSPS) is 12.4. The van der Waals surface area contributed by atoms with Crippen molar-refractivity contribution < 1.29 is 4.92 Å². The smallest absolute Gasteiger partial charge is 0.269 e. The van der Waals surface area contributed by atoms with Crippen LogP contribution in [0, 0.1) is 10.1 Å². The molecule has 17 heavy (non-hydrogen) atoms. The molecule has 0 saturated carbocycles. The van der Waals surface area contributed by atoms with Crippen LogP contribution < -0.4 is 5.73 Å². The van der Waals surface area contributed by atoms with E-state index in [1.165, 1.54) is 12.1 Å². The summed E-state index contributed by atoms with van der Waals surface area (Å²) in [5.74, 6) is 1.06. The number of nitro benzene ring substituents is 1. The number of nitrogens with one attached hydrogen (secondary N) is 1. The summed E-state index contributed by atoms with van der Waals surface area (Å²) >= 11 is 0. The van der Waals surface area contributed by atoms with E-state index in [0.717, 1.165) is 0 Å². The lowest BCUT2D eigenvalue weighted by Gasteiger charge is -1.96. The zero-order valence-corrected chi connectivity index (χ0v) is 9.12. The molecule has 0 aliphatic rings. The van der Waals surface area contributed by atoms with Crippen LogP contribution in [0.25, 0.3) is 11.4 Å². The monoisotopic (exact) mass is 233 g/mol. The second-order valence-electron chi connectivity index (χ2n) is 3.64. The van der Waals surface area contributed by atoms with E-state index < -0.39 is 4.92 Å². The van der Waals surface area contributed by atoms with Crippen molar-refractivity contribution in [1.82, 2.24) is 15.2 Å². The third-order valence-electron chi connectivity index (χ3n) is 2.27. The van der Waals surface area contributed by atoms with Crippen LogP contribution in [0.5, 0.6) is 0 Å². The Kier molecular flexibility index (Phi) is 2.84. The second-order valence-corrected chi connectivity index (χ2v) is 3.64. The van der Waals surface area contributed by atoms with E-state index in [0.29, 0.717) is 17.2 Å². The third-order valence-corrected chi connectivity index (χ3v) is 2.27. The van der Waals surface area contributed by atoms with Gasteiger partial charge in [-0.25, -0.2) is 4.98 Å². The summed E-state index contributed by atoms with van der Waals surface area (Å²) in [5, 5.41) is 17.2. The number of aromatic nitrogens is 3. The predicted molar refractivity (Wildman–Crippen MR) is 61.1 cm³/mol. The average molecular weight is 233 g/mol.